The molecule has 134 valence electrons. The number of aryl methyl sites for hydroxylation is 2. The normalized spacial score (nSPS) is 11.2. The van der Waals surface area contributed by atoms with Gasteiger partial charge in [0, 0.05) is 18.9 Å². The molecule has 0 fully saturated rings. The first-order valence-corrected chi connectivity index (χ1v) is 9.49. The van der Waals surface area contributed by atoms with E-state index in [0.717, 1.165) is 11.1 Å². The number of benzene rings is 1. The quantitative estimate of drug-likeness (QED) is 0.693. The predicted molar refractivity (Wildman–Crippen MR) is 100 cm³/mol. The molecule has 0 spiro atoms. The van der Waals surface area contributed by atoms with Crippen LogP contribution < -0.4 is 10.0 Å². The lowest BCUT2D eigenvalue weighted by Crippen LogP contribution is -2.15. The SMILES string of the molecule is Cc1ccc(S(=O)(=O)Nc2ccc(NCc3ccncc3)nn2)c(C)c1. The summed E-state index contributed by atoms with van der Waals surface area (Å²) in [4.78, 5) is 4.19. The number of aromatic nitrogens is 3. The molecule has 2 N–H and O–H groups in total. The summed E-state index contributed by atoms with van der Waals surface area (Å²) in [5, 5.41) is 11.1. The maximum atomic E-state index is 12.5. The van der Waals surface area contributed by atoms with Crippen LogP contribution in [0.5, 0.6) is 0 Å². The van der Waals surface area contributed by atoms with Gasteiger partial charge in [-0.25, -0.2) is 8.42 Å². The molecule has 0 bridgehead atoms. The second-order valence-electron chi connectivity index (χ2n) is 5.89. The molecule has 8 heteroatoms. The van der Waals surface area contributed by atoms with Gasteiger partial charge in [0.15, 0.2) is 5.82 Å². The fourth-order valence-corrected chi connectivity index (χ4v) is 3.69. The Kier molecular flexibility index (Phi) is 5.13. The number of pyridine rings is 1. The van der Waals surface area contributed by atoms with Crippen molar-refractivity contribution in [2.24, 2.45) is 0 Å². The van der Waals surface area contributed by atoms with E-state index < -0.39 is 10.0 Å². The number of nitrogens with one attached hydrogen (secondary N) is 2. The molecular weight excluding hydrogens is 350 g/mol. The van der Waals surface area contributed by atoms with Crippen LogP contribution in [0, 0.1) is 13.8 Å². The third-order valence-electron chi connectivity index (χ3n) is 3.75. The largest absolute Gasteiger partial charge is 0.365 e. The lowest BCUT2D eigenvalue weighted by atomic mass is 10.2. The summed E-state index contributed by atoms with van der Waals surface area (Å²) >= 11 is 0. The lowest BCUT2D eigenvalue weighted by molar-refractivity contribution is 0.600. The van der Waals surface area contributed by atoms with Crippen LogP contribution in [0.2, 0.25) is 0 Å². The zero-order chi connectivity index (χ0) is 18.6. The number of sulfonamides is 1. The molecule has 0 aliphatic heterocycles. The molecule has 0 amide bonds. The summed E-state index contributed by atoms with van der Waals surface area (Å²) in [7, 11) is -3.71. The van der Waals surface area contributed by atoms with E-state index in [9.17, 15) is 8.42 Å². The number of rotatable bonds is 6. The van der Waals surface area contributed by atoms with Crippen LogP contribution >= 0.6 is 0 Å². The molecule has 2 heterocycles. The third-order valence-corrected chi connectivity index (χ3v) is 5.26. The molecule has 0 saturated heterocycles. The van der Waals surface area contributed by atoms with Crippen LogP contribution in [0.15, 0.2) is 59.8 Å². The standard InChI is InChI=1S/C18H19N5O2S/c1-13-3-4-16(14(2)11-13)26(24,25)23-18-6-5-17(21-22-18)20-12-15-7-9-19-10-8-15/h3-11H,12H2,1-2H3,(H,20,21)(H,22,23). The van der Waals surface area contributed by atoms with Gasteiger partial charge in [0.05, 0.1) is 4.90 Å². The summed E-state index contributed by atoms with van der Waals surface area (Å²) in [6.07, 6.45) is 3.43. The first-order valence-electron chi connectivity index (χ1n) is 8.01. The van der Waals surface area contributed by atoms with E-state index in [1.165, 1.54) is 0 Å². The van der Waals surface area contributed by atoms with Crippen LogP contribution in [-0.2, 0) is 16.6 Å². The molecule has 3 rings (SSSR count). The van der Waals surface area contributed by atoms with Gasteiger partial charge in [-0.2, -0.15) is 0 Å². The van der Waals surface area contributed by atoms with Gasteiger partial charge in [-0.3, -0.25) is 9.71 Å². The van der Waals surface area contributed by atoms with Crippen molar-refractivity contribution >= 4 is 21.7 Å². The van der Waals surface area contributed by atoms with Crippen molar-refractivity contribution in [3.05, 3.63) is 71.5 Å². The van der Waals surface area contributed by atoms with Gasteiger partial charge in [-0.15, -0.1) is 10.2 Å². The second kappa shape index (κ2) is 7.49. The average molecular weight is 369 g/mol. The summed E-state index contributed by atoms with van der Waals surface area (Å²) in [5.41, 5.74) is 2.74. The Balaban J connectivity index is 1.68. The first-order chi connectivity index (χ1) is 12.4. The smallest absolute Gasteiger partial charge is 0.263 e. The predicted octanol–water partition coefficient (Wildman–Crippen LogP) is 2.90. The van der Waals surface area contributed by atoms with Gasteiger partial charge in [-0.05, 0) is 55.3 Å². The third kappa shape index (κ3) is 4.34. The Morgan fingerprint density at radius 2 is 1.62 bits per heavy atom. The Morgan fingerprint density at radius 3 is 2.27 bits per heavy atom. The van der Waals surface area contributed by atoms with Crippen LogP contribution in [0.1, 0.15) is 16.7 Å². The van der Waals surface area contributed by atoms with Crippen molar-refractivity contribution in [2.75, 3.05) is 10.0 Å². The molecule has 0 radical (unpaired) electrons. The molecule has 3 aromatic rings. The highest BCUT2D eigenvalue weighted by atomic mass is 32.2. The molecule has 0 aliphatic carbocycles. The first kappa shape index (κ1) is 17.8. The highest BCUT2D eigenvalue weighted by Crippen LogP contribution is 2.19. The highest BCUT2D eigenvalue weighted by molar-refractivity contribution is 7.92. The van der Waals surface area contributed by atoms with Gasteiger partial charge < -0.3 is 5.32 Å². The van der Waals surface area contributed by atoms with E-state index in [2.05, 4.69) is 25.2 Å². The molecular formula is C18H19N5O2S. The Hall–Kier alpha value is -3.00. The van der Waals surface area contributed by atoms with Gasteiger partial charge in [0.2, 0.25) is 0 Å². The van der Waals surface area contributed by atoms with Crippen LogP contribution in [0.25, 0.3) is 0 Å². The van der Waals surface area contributed by atoms with E-state index in [4.69, 9.17) is 0 Å². The molecule has 2 aromatic heterocycles. The minimum Gasteiger partial charge on any atom is -0.365 e. The van der Waals surface area contributed by atoms with Gasteiger partial charge >= 0.3 is 0 Å². The molecule has 0 aliphatic rings. The maximum Gasteiger partial charge on any atom is 0.263 e. The van der Waals surface area contributed by atoms with Crippen LogP contribution in [0.4, 0.5) is 11.6 Å². The zero-order valence-corrected chi connectivity index (χ0v) is 15.3. The van der Waals surface area contributed by atoms with Gasteiger partial charge in [0.25, 0.3) is 10.0 Å². The highest BCUT2D eigenvalue weighted by Gasteiger charge is 2.17. The van der Waals surface area contributed by atoms with E-state index in [1.807, 2.05) is 25.1 Å². The molecule has 0 saturated carbocycles. The van der Waals surface area contributed by atoms with Gasteiger partial charge in [0.1, 0.15) is 5.82 Å². The van der Waals surface area contributed by atoms with Crippen LogP contribution in [-0.4, -0.2) is 23.6 Å². The van der Waals surface area contributed by atoms with Crippen molar-refractivity contribution in [3.8, 4) is 0 Å². The number of anilines is 2. The fraction of sp³-hybridized carbons (Fsp3) is 0.167. The van der Waals surface area contributed by atoms with Crippen molar-refractivity contribution in [3.63, 3.8) is 0 Å². The van der Waals surface area contributed by atoms with Crippen LogP contribution in [0.3, 0.4) is 0 Å². The minimum absolute atomic E-state index is 0.166. The lowest BCUT2D eigenvalue weighted by Gasteiger charge is -2.10. The topological polar surface area (TPSA) is 96.9 Å². The van der Waals surface area contributed by atoms with E-state index in [1.54, 1.807) is 43.6 Å². The summed E-state index contributed by atoms with van der Waals surface area (Å²) in [6, 6.07) is 12.2. The fourth-order valence-electron chi connectivity index (χ4n) is 2.47. The van der Waals surface area contributed by atoms with Crippen molar-refractivity contribution < 1.29 is 8.42 Å². The Bertz CT molecular complexity index is 990. The minimum atomic E-state index is -3.71. The van der Waals surface area contributed by atoms with E-state index in [0.29, 0.717) is 17.9 Å². The summed E-state index contributed by atoms with van der Waals surface area (Å²) < 4.78 is 27.5. The molecule has 0 atom stereocenters. The Labute approximate surface area is 152 Å². The molecule has 26 heavy (non-hydrogen) atoms. The summed E-state index contributed by atoms with van der Waals surface area (Å²) in [6.45, 7) is 4.25. The Morgan fingerprint density at radius 1 is 0.923 bits per heavy atom. The molecule has 7 nitrogen and oxygen atoms in total. The number of hydrogen-bond acceptors (Lipinski definition) is 6. The van der Waals surface area contributed by atoms with E-state index in [-0.39, 0.29) is 10.7 Å². The summed E-state index contributed by atoms with van der Waals surface area (Å²) in [5.74, 6) is 0.718. The van der Waals surface area contributed by atoms with Gasteiger partial charge in [-0.1, -0.05) is 17.7 Å². The number of hydrogen-bond donors (Lipinski definition) is 2. The van der Waals surface area contributed by atoms with Crippen molar-refractivity contribution in [1.29, 1.82) is 0 Å². The van der Waals surface area contributed by atoms with Crippen molar-refractivity contribution in [1.82, 2.24) is 15.2 Å². The maximum absolute atomic E-state index is 12.5. The van der Waals surface area contributed by atoms with E-state index >= 15 is 0 Å². The molecule has 1 aromatic carbocycles. The monoisotopic (exact) mass is 369 g/mol. The van der Waals surface area contributed by atoms with Crippen molar-refractivity contribution in [2.45, 2.75) is 25.3 Å². The zero-order valence-electron chi connectivity index (χ0n) is 14.5. The average Bonchev–Trinajstić information content (AvgIpc) is 2.61. The number of nitrogens with zero attached hydrogens (tertiary/aromatic N) is 3. The second-order valence-corrected chi connectivity index (χ2v) is 7.54. The molecule has 0 unspecified atom stereocenters.